The number of carboxylic acids is 1. The number of nitrogens with zero attached hydrogens (tertiary/aromatic N) is 2. The zero-order valence-corrected chi connectivity index (χ0v) is 11.2. The van der Waals surface area contributed by atoms with E-state index >= 15 is 0 Å². The third kappa shape index (κ3) is 3.00. The molecule has 1 saturated heterocycles. The van der Waals surface area contributed by atoms with Crippen molar-refractivity contribution in [1.82, 2.24) is 4.31 Å². The second kappa shape index (κ2) is 5.67. The van der Waals surface area contributed by atoms with Gasteiger partial charge in [0.1, 0.15) is 0 Å². The van der Waals surface area contributed by atoms with E-state index in [-0.39, 0.29) is 6.54 Å². The number of hydrogen-bond donors (Lipinski definition) is 1. The monoisotopic (exact) mass is 274 g/mol. The fourth-order valence-corrected chi connectivity index (χ4v) is 3.66. The summed E-state index contributed by atoms with van der Waals surface area (Å²) in [6.07, 6.45) is 2.17. The minimum atomic E-state index is -3.65. The smallest absolute Gasteiger partial charge is 0.310 e. The molecular formula is C11H18N2O4S. The van der Waals surface area contributed by atoms with Crippen molar-refractivity contribution in [3.63, 3.8) is 0 Å². The van der Waals surface area contributed by atoms with Gasteiger partial charge in [0.05, 0.1) is 11.5 Å². The van der Waals surface area contributed by atoms with Crippen LogP contribution in [0, 0.1) is 16.7 Å². The maximum atomic E-state index is 11.8. The largest absolute Gasteiger partial charge is 0.481 e. The molecule has 6 nitrogen and oxygen atoms in total. The standard InChI is InChI=1S/C11H18N2O4S/c1-2-4-11(10(14)15)5-3-7-13(9-11)18(16,17)8-6-12/h2-5,7-9H2,1H3,(H,14,15). The first kappa shape index (κ1) is 14.9. The Morgan fingerprint density at radius 3 is 2.72 bits per heavy atom. The molecule has 1 N–H and O–H groups in total. The van der Waals surface area contributed by atoms with Gasteiger partial charge in [-0.1, -0.05) is 13.3 Å². The van der Waals surface area contributed by atoms with Crippen molar-refractivity contribution in [2.24, 2.45) is 5.41 Å². The lowest BCUT2D eigenvalue weighted by molar-refractivity contribution is -0.151. The lowest BCUT2D eigenvalue weighted by Gasteiger charge is -2.38. The Hall–Kier alpha value is -1.13. The minimum Gasteiger partial charge on any atom is -0.481 e. The Morgan fingerprint density at radius 2 is 2.22 bits per heavy atom. The first-order valence-electron chi connectivity index (χ1n) is 5.96. The van der Waals surface area contributed by atoms with Crippen LogP contribution in [0.2, 0.25) is 0 Å². The van der Waals surface area contributed by atoms with Crippen molar-refractivity contribution in [1.29, 1.82) is 5.26 Å². The molecule has 0 aromatic carbocycles. The molecule has 0 aromatic heterocycles. The van der Waals surface area contributed by atoms with E-state index in [1.165, 1.54) is 0 Å². The molecule has 1 aliphatic heterocycles. The van der Waals surface area contributed by atoms with Gasteiger partial charge in [-0.05, 0) is 19.3 Å². The molecule has 0 saturated carbocycles. The molecule has 0 radical (unpaired) electrons. The average molecular weight is 274 g/mol. The average Bonchev–Trinajstić information content (AvgIpc) is 2.29. The number of piperidine rings is 1. The second-order valence-electron chi connectivity index (χ2n) is 4.69. The molecule has 7 heteroatoms. The molecule has 1 heterocycles. The topological polar surface area (TPSA) is 98.5 Å². The van der Waals surface area contributed by atoms with Gasteiger partial charge in [-0.3, -0.25) is 4.79 Å². The molecule has 0 aromatic rings. The van der Waals surface area contributed by atoms with E-state index in [1.807, 2.05) is 6.92 Å². The lowest BCUT2D eigenvalue weighted by Crippen LogP contribution is -2.50. The van der Waals surface area contributed by atoms with Crippen LogP contribution in [0.4, 0.5) is 0 Å². The molecule has 1 atom stereocenters. The molecule has 18 heavy (non-hydrogen) atoms. The van der Waals surface area contributed by atoms with Crippen LogP contribution < -0.4 is 0 Å². The highest BCUT2D eigenvalue weighted by Gasteiger charge is 2.44. The number of aliphatic carboxylic acids is 1. The molecule has 102 valence electrons. The highest BCUT2D eigenvalue weighted by Crippen LogP contribution is 2.36. The van der Waals surface area contributed by atoms with Crippen LogP contribution >= 0.6 is 0 Å². The number of carboxylic acid groups (broad SMARTS) is 1. The zero-order valence-electron chi connectivity index (χ0n) is 10.4. The van der Waals surface area contributed by atoms with Crippen molar-refractivity contribution in [2.75, 3.05) is 18.8 Å². The van der Waals surface area contributed by atoms with Crippen molar-refractivity contribution in [3.8, 4) is 6.07 Å². The fourth-order valence-electron chi connectivity index (χ4n) is 2.46. The van der Waals surface area contributed by atoms with Gasteiger partial charge in [0.25, 0.3) is 0 Å². The normalized spacial score (nSPS) is 25.6. The fraction of sp³-hybridized carbons (Fsp3) is 0.818. The Morgan fingerprint density at radius 1 is 1.56 bits per heavy atom. The summed E-state index contributed by atoms with van der Waals surface area (Å²) in [5, 5.41) is 17.8. The molecule has 1 unspecified atom stereocenters. The molecule has 1 rings (SSSR count). The van der Waals surface area contributed by atoms with Crippen LogP contribution in [0.25, 0.3) is 0 Å². The predicted octanol–water partition coefficient (Wildman–Crippen LogP) is 0.807. The molecule has 0 bridgehead atoms. The third-order valence-corrected chi connectivity index (χ3v) is 4.96. The van der Waals surface area contributed by atoms with Gasteiger partial charge in [-0.15, -0.1) is 0 Å². The van der Waals surface area contributed by atoms with E-state index < -0.39 is 27.2 Å². The Labute approximate surface area is 107 Å². The van der Waals surface area contributed by atoms with Crippen molar-refractivity contribution in [3.05, 3.63) is 0 Å². The van der Waals surface area contributed by atoms with Gasteiger partial charge in [0.2, 0.25) is 10.0 Å². The third-order valence-electron chi connectivity index (χ3n) is 3.36. The summed E-state index contributed by atoms with van der Waals surface area (Å²) in [5.74, 6) is -1.53. The Bertz CT molecular complexity index is 450. The molecule has 0 amide bonds. The van der Waals surface area contributed by atoms with Gasteiger partial charge in [0, 0.05) is 13.1 Å². The summed E-state index contributed by atoms with van der Waals surface area (Å²) in [6, 6.07) is 1.62. The van der Waals surface area contributed by atoms with Gasteiger partial charge in [-0.2, -0.15) is 9.57 Å². The molecule has 1 fully saturated rings. The van der Waals surface area contributed by atoms with Gasteiger partial charge in [-0.25, -0.2) is 8.42 Å². The number of carbonyl (C=O) groups is 1. The van der Waals surface area contributed by atoms with Gasteiger partial charge >= 0.3 is 5.97 Å². The predicted molar refractivity (Wildman–Crippen MR) is 65.2 cm³/mol. The summed E-state index contributed by atoms with van der Waals surface area (Å²) < 4.78 is 24.8. The summed E-state index contributed by atoms with van der Waals surface area (Å²) in [5.41, 5.74) is -0.991. The maximum absolute atomic E-state index is 11.8. The maximum Gasteiger partial charge on any atom is 0.310 e. The number of hydrogen-bond acceptors (Lipinski definition) is 4. The highest BCUT2D eigenvalue weighted by atomic mass is 32.2. The van der Waals surface area contributed by atoms with Crippen LogP contribution in [0.1, 0.15) is 32.6 Å². The SMILES string of the molecule is CCCC1(C(=O)O)CCCN(S(=O)(=O)CC#N)C1. The van der Waals surface area contributed by atoms with E-state index in [0.29, 0.717) is 32.2 Å². The number of sulfonamides is 1. The van der Waals surface area contributed by atoms with E-state index in [0.717, 1.165) is 4.31 Å². The number of nitriles is 1. The van der Waals surface area contributed by atoms with Crippen LogP contribution in [0.3, 0.4) is 0 Å². The quantitative estimate of drug-likeness (QED) is 0.799. The van der Waals surface area contributed by atoms with Crippen molar-refractivity contribution >= 4 is 16.0 Å². The molecular weight excluding hydrogens is 256 g/mol. The van der Waals surface area contributed by atoms with Crippen molar-refractivity contribution < 1.29 is 18.3 Å². The minimum absolute atomic E-state index is 0.0137. The first-order chi connectivity index (χ1) is 8.38. The molecule has 0 spiro atoms. The Kier molecular flexibility index (Phi) is 4.71. The van der Waals surface area contributed by atoms with Crippen LogP contribution in [0.5, 0.6) is 0 Å². The lowest BCUT2D eigenvalue weighted by atomic mass is 9.77. The van der Waals surface area contributed by atoms with E-state index in [4.69, 9.17) is 5.26 Å². The summed E-state index contributed by atoms with van der Waals surface area (Å²) in [4.78, 5) is 11.4. The van der Waals surface area contributed by atoms with E-state index in [1.54, 1.807) is 6.07 Å². The Balaban J connectivity index is 2.95. The molecule has 0 aliphatic carbocycles. The van der Waals surface area contributed by atoms with Gasteiger partial charge < -0.3 is 5.11 Å². The summed E-state index contributed by atoms with van der Waals surface area (Å²) in [7, 11) is -3.65. The van der Waals surface area contributed by atoms with Crippen LogP contribution in [-0.2, 0) is 14.8 Å². The van der Waals surface area contributed by atoms with Crippen LogP contribution in [-0.4, -0.2) is 42.6 Å². The zero-order chi connectivity index (χ0) is 13.8. The number of rotatable bonds is 5. The van der Waals surface area contributed by atoms with Crippen molar-refractivity contribution in [2.45, 2.75) is 32.6 Å². The molecule has 1 aliphatic rings. The highest BCUT2D eigenvalue weighted by molar-refractivity contribution is 7.89. The van der Waals surface area contributed by atoms with Crippen LogP contribution in [0.15, 0.2) is 0 Å². The van der Waals surface area contributed by atoms with E-state index in [2.05, 4.69) is 0 Å². The first-order valence-corrected chi connectivity index (χ1v) is 7.57. The van der Waals surface area contributed by atoms with E-state index in [9.17, 15) is 18.3 Å². The second-order valence-corrected chi connectivity index (χ2v) is 6.66. The van der Waals surface area contributed by atoms with Gasteiger partial charge in [0.15, 0.2) is 5.75 Å². The summed E-state index contributed by atoms with van der Waals surface area (Å²) >= 11 is 0. The summed E-state index contributed by atoms with van der Waals surface area (Å²) in [6.45, 7) is 2.18.